The van der Waals surface area contributed by atoms with Gasteiger partial charge in [-0.05, 0) is 88.4 Å². The number of carbonyl (C=O) groups is 5. The Labute approximate surface area is 558 Å². The van der Waals surface area contributed by atoms with E-state index in [0.717, 1.165) is 18.9 Å². The molecule has 0 saturated carbocycles. The van der Waals surface area contributed by atoms with Crippen molar-refractivity contribution in [3.05, 3.63) is 49.8 Å². The predicted molar refractivity (Wildman–Crippen MR) is 341 cm³/mol. The average Bonchev–Trinajstić information content (AvgIpc) is 0.893. The van der Waals surface area contributed by atoms with Gasteiger partial charge in [0.1, 0.15) is 42.7 Å². The van der Waals surface area contributed by atoms with E-state index in [-0.39, 0.29) is 70.9 Å². The predicted octanol–water partition coefficient (Wildman–Crippen LogP) is 1.91. The van der Waals surface area contributed by atoms with E-state index in [0.29, 0.717) is 15.7 Å². The number of ether oxygens (including phenoxy) is 12. The van der Waals surface area contributed by atoms with Crippen LogP contribution in [0, 0.1) is 34.2 Å². The number of aliphatic hydroxyl groups excluding tert-OH is 4. The molecule has 20 atom stereocenters. The van der Waals surface area contributed by atoms with Gasteiger partial charge in [0.2, 0.25) is 17.2 Å². The van der Waals surface area contributed by atoms with Gasteiger partial charge in [0.15, 0.2) is 41.8 Å². The van der Waals surface area contributed by atoms with E-state index in [9.17, 15) is 49.5 Å². The number of hydrogen-bond acceptors (Lipinski definition) is 28. The molecule has 5 aliphatic heterocycles. The number of benzene rings is 1. The third kappa shape index (κ3) is 16.4. The number of aliphatic hydroxyl groups is 5. The highest BCUT2D eigenvalue weighted by Crippen LogP contribution is 2.49. The van der Waals surface area contributed by atoms with Crippen molar-refractivity contribution in [2.45, 2.75) is 194 Å². The van der Waals surface area contributed by atoms with Gasteiger partial charge >= 0.3 is 12.1 Å². The molecule has 5 saturated heterocycles. The number of likely N-dealkylation sites (N-methyl/N-ethyl adjacent to an activating group) is 1. The maximum absolute atomic E-state index is 14.5. The van der Waals surface area contributed by atoms with E-state index in [1.165, 1.54) is 55.1 Å². The van der Waals surface area contributed by atoms with Crippen LogP contribution in [0.15, 0.2) is 35.1 Å². The molecule has 2 bridgehead atoms. The first-order valence-electron chi connectivity index (χ1n) is 29.5. The first-order valence-corrected chi connectivity index (χ1v) is 33.8. The number of urea groups is 1. The minimum absolute atomic E-state index is 0.00995. The van der Waals surface area contributed by atoms with Gasteiger partial charge < -0.3 is 93.0 Å². The third-order valence-corrected chi connectivity index (χ3v) is 22.2. The number of halogens is 1. The molecule has 28 nitrogen and oxygen atoms in total. The zero-order valence-electron chi connectivity index (χ0n) is 52.6. The van der Waals surface area contributed by atoms with Crippen molar-refractivity contribution >= 4 is 84.9 Å². The summed E-state index contributed by atoms with van der Waals surface area (Å²) in [5, 5.41) is 67.9. The van der Waals surface area contributed by atoms with Crippen LogP contribution in [0.25, 0.3) is 0 Å². The minimum Gasteiger partial charge on any atom is -0.492 e. The Morgan fingerprint density at radius 2 is 1.60 bits per heavy atom. The number of rotatable bonds is 23. The maximum atomic E-state index is 14.5. The molecule has 10 N–H and O–H groups in total. The van der Waals surface area contributed by atoms with E-state index in [1.807, 2.05) is 29.5 Å². The molecule has 7 aliphatic rings. The Bertz CT molecular complexity index is 3110. The molecule has 0 aromatic heterocycles. The summed E-state index contributed by atoms with van der Waals surface area (Å²) in [5.41, 5.74) is 0.788. The van der Waals surface area contributed by atoms with Gasteiger partial charge in [0.05, 0.1) is 102 Å². The summed E-state index contributed by atoms with van der Waals surface area (Å²) in [6.07, 6.45) is -14.9. The van der Waals surface area contributed by atoms with Crippen molar-refractivity contribution in [2.24, 2.45) is 0 Å². The number of alkyl carbamates (subject to hydrolysis) is 1. The van der Waals surface area contributed by atoms with Crippen LogP contribution in [-0.4, -0.2) is 235 Å². The van der Waals surface area contributed by atoms with E-state index in [1.54, 1.807) is 54.7 Å². The average molecular weight is 1460 g/mol. The fourth-order valence-electron chi connectivity index (χ4n) is 11.6. The number of imide groups is 1. The van der Waals surface area contributed by atoms with Gasteiger partial charge in [-0.15, -0.1) is 0 Å². The number of carbonyl (C=O) groups excluding carboxylic acids is 5. The summed E-state index contributed by atoms with van der Waals surface area (Å²) in [6.45, 7) is 12.8. The number of fused-ring (bicyclic) bond motifs is 2. The van der Waals surface area contributed by atoms with Gasteiger partial charge in [0, 0.05) is 44.0 Å². The number of ketones is 1. The van der Waals surface area contributed by atoms with Crippen LogP contribution in [0.1, 0.15) is 76.7 Å². The van der Waals surface area contributed by atoms with Crippen LogP contribution in [0.2, 0.25) is 0 Å². The molecule has 5 heterocycles. The number of nitrogens with one attached hydrogen (secondary N) is 5. The standard InChI is InChI=1S/C60H80IN5O23S3/c1-13-62-31-25-82-36(23-35(31)77-8)87-49-44(70)41(66-89-37-22-32(67)51(29(5)83-37)91-54(73)38-26(2)40(61)47(50(80-11)46(38)78-9)88-55-45(71)48(79-10)43(69)28(4)85-55)27(3)84-56(49)86-34-18-16-14-15-17-20-60(76)24-33(68)42(63-58(75)81-12)39(34)30(60)19-21-90-92-59(6,7)52-53(72)65-57(74)64-52/h14-15,19,27-29,31-32,34-37,41,43-45,48-49,51-52,55-56,62,66-67,69-71,76H,13,21-25H2,1-12H3,(H,63,75)(H2,64,65,72,74)/b15-14-,30-19+/t27-,28+,29-,31+,32+,34+,35+,36+,37+,41-,43+,44+,45-,48-,49-,51-,52?,55+,56+,60+/m1/s1. The van der Waals surface area contributed by atoms with Crippen LogP contribution in [-0.2, 0) is 57.1 Å². The van der Waals surface area contributed by atoms with Crippen molar-refractivity contribution in [2.75, 3.05) is 54.5 Å². The van der Waals surface area contributed by atoms with E-state index >= 15 is 0 Å². The molecule has 8 rings (SSSR count). The molecular formula is C60H80IN5O23S3. The number of thioether (sulfide) groups is 1. The lowest BCUT2D eigenvalue weighted by atomic mass is 9.75. The zero-order chi connectivity index (χ0) is 67.1. The normalized spacial score (nSPS) is 35.6. The molecule has 0 radical (unpaired) electrons. The van der Waals surface area contributed by atoms with Crippen molar-refractivity contribution in [1.29, 1.82) is 0 Å². The fourth-order valence-corrected chi connectivity index (χ4v) is 15.8. The fraction of sp³-hybridized carbons (Fsp3) is 0.650. The summed E-state index contributed by atoms with van der Waals surface area (Å²) >= 11 is 2.80. The van der Waals surface area contributed by atoms with Gasteiger partial charge in [0.25, 0.3) is 5.91 Å². The van der Waals surface area contributed by atoms with Crippen LogP contribution < -0.4 is 41.0 Å². The monoisotopic (exact) mass is 1460 g/mol. The lowest BCUT2D eigenvalue weighted by Gasteiger charge is -2.46. The first kappa shape index (κ1) is 73.5. The number of hydrogen-bond donors (Lipinski definition) is 10. The number of Topliss-reactive ketones (excluding diaryl/α,β-unsaturated/α-hetero) is 1. The SMILES string of the molecule is CCN[C@H]1CO[C@@H](O[C@H]2[C@H](O[C@H]3C#C/C=C\C#C[C@]4(O)CC(=O)C(NC(=O)OC)=C3/C4=C\CSSC(C)(C)C3NC(=O)NC3=O)O[C@H](C)[C@@H](NO[C@H]3C[C@H](O)[C@H](SC(=O)c4c(C)c(I)c(O[C@@H]5O[C@@H](C)[C@H](O)[C@@H](OC)[C@H]5O)c(OC)c4OC)[C@@H](C)O3)[C@@H]2O)C[C@@H]1OC. The second-order valence-electron chi connectivity index (χ2n) is 22.9. The van der Waals surface area contributed by atoms with E-state index in [2.05, 4.69) is 50.4 Å². The van der Waals surface area contributed by atoms with Crippen LogP contribution in [0.5, 0.6) is 17.2 Å². The summed E-state index contributed by atoms with van der Waals surface area (Å²) < 4.78 is 71.9. The van der Waals surface area contributed by atoms with Gasteiger partial charge in [-0.1, -0.05) is 70.0 Å². The Kier molecular flexibility index (Phi) is 25.7. The summed E-state index contributed by atoms with van der Waals surface area (Å²) in [4.78, 5) is 72.7. The lowest BCUT2D eigenvalue weighted by molar-refractivity contribution is -0.336. The summed E-state index contributed by atoms with van der Waals surface area (Å²) in [6, 6.07) is -2.85. The van der Waals surface area contributed by atoms with Crippen molar-refractivity contribution in [1.82, 2.24) is 26.7 Å². The minimum atomic E-state index is -2.20. The molecule has 92 heavy (non-hydrogen) atoms. The van der Waals surface area contributed by atoms with E-state index < -0.39 is 155 Å². The molecular weight excluding hydrogens is 1380 g/mol. The smallest absolute Gasteiger partial charge is 0.411 e. The molecule has 508 valence electrons. The molecule has 0 spiro atoms. The highest BCUT2D eigenvalue weighted by molar-refractivity contribution is 14.1. The molecule has 4 amide bonds. The Morgan fingerprint density at radius 3 is 2.25 bits per heavy atom. The van der Waals surface area contributed by atoms with E-state index in [4.69, 9.17) is 61.7 Å². The Balaban J connectivity index is 1.03. The highest BCUT2D eigenvalue weighted by atomic mass is 127. The first-order chi connectivity index (χ1) is 43.7. The lowest BCUT2D eigenvalue weighted by Crippen LogP contribution is -2.65. The number of methoxy groups -OCH3 is 5. The second-order valence-corrected chi connectivity index (χ2v) is 28.1. The number of amides is 4. The van der Waals surface area contributed by atoms with Crippen molar-refractivity contribution in [3.63, 3.8) is 0 Å². The molecule has 1 aromatic rings. The van der Waals surface area contributed by atoms with Gasteiger partial charge in [-0.25, -0.2) is 9.59 Å². The van der Waals surface area contributed by atoms with Gasteiger partial charge in [-0.2, -0.15) is 5.48 Å². The van der Waals surface area contributed by atoms with Crippen molar-refractivity contribution in [3.8, 4) is 40.9 Å². The van der Waals surface area contributed by atoms with Gasteiger partial charge in [-0.3, -0.25) is 29.9 Å². The second kappa shape index (κ2) is 32.1. The molecule has 5 fully saturated rings. The number of hydroxylamine groups is 1. The molecule has 2 aliphatic carbocycles. The van der Waals surface area contributed by atoms with Crippen LogP contribution >= 0.6 is 55.9 Å². The highest BCUT2D eigenvalue weighted by Gasteiger charge is 2.53. The molecule has 1 aromatic carbocycles. The topological polar surface area (TPSA) is 367 Å². The van der Waals surface area contributed by atoms with Crippen LogP contribution in [0.4, 0.5) is 9.59 Å². The molecule has 32 heteroatoms. The Morgan fingerprint density at radius 1 is 0.880 bits per heavy atom. The van der Waals surface area contributed by atoms with Crippen molar-refractivity contribution < 1.29 is 111 Å². The maximum Gasteiger partial charge on any atom is 0.411 e. The van der Waals surface area contributed by atoms with Crippen LogP contribution in [0.3, 0.4) is 0 Å². The quantitative estimate of drug-likeness (QED) is 0.0187. The zero-order valence-corrected chi connectivity index (χ0v) is 57.2. The third-order valence-electron chi connectivity index (χ3n) is 16.4. The summed E-state index contributed by atoms with van der Waals surface area (Å²) in [5.74, 6) is 10.4. The largest absolute Gasteiger partial charge is 0.492 e. The number of allylic oxidation sites excluding steroid dienone is 3. The Hall–Kier alpha value is -4.35. The summed E-state index contributed by atoms with van der Waals surface area (Å²) in [7, 11) is 9.24. The molecule has 1 unspecified atom stereocenters.